The molecule has 1 unspecified atom stereocenters. The molecule has 1 saturated carbocycles. The van der Waals surface area contributed by atoms with Crippen LogP contribution in [0.5, 0.6) is 5.75 Å². The molecule has 2 fully saturated rings. The third-order valence-electron chi connectivity index (χ3n) is 5.64. The zero-order valence-electron chi connectivity index (χ0n) is 17.4. The minimum Gasteiger partial charge on any atom is -0.494 e. The number of halogens is 1. The predicted molar refractivity (Wildman–Crippen MR) is 128 cm³/mol. The number of carbonyl (C=O) groups excluding carboxylic acids is 1. The van der Waals surface area contributed by atoms with E-state index in [0.717, 1.165) is 57.0 Å². The maximum absolute atomic E-state index is 12.7. The highest BCUT2D eigenvalue weighted by Gasteiger charge is 2.31. The van der Waals surface area contributed by atoms with Crippen LogP contribution in [0.1, 0.15) is 44.9 Å². The van der Waals surface area contributed by atoms with Gasteiger partial charge in [0.15, 0.2) is 5.96 Å². The van der Waals surface area contributed by atoms with E-state index in [4.69, 9.17) is 4.74 Å². The Kier molecular flexibility index (Phi) is 10.6. The zero-order chi connectivity index (χ0) is 19.6. The van der Waals surface area contributed by atoms with Crippen LogP contribution in [-0.4, -0.2) is 56.1 Å². The van der Waals surface area contributed by atoms with Crippen LogP contribution >= 0.6 is 24.0 Å². The first kappa shape index (κ1) is 23.8. The number of carbonyl (C=O) groups is 1. The summed E-state index contributed by atoms with van der Waals surface area (Å²) in [5.74, 6) is 2.33. The van der Waals surface area contributed by atoms with Gasteiger partial charge < -0.3 is 20.3 Å². The first-order valence-corrected chi connectivity index (χ1v) is 10.7. The molecule has 1 heterocycles. The Balaban J connectivity index is 0.00000300. The van der Waals surface area contributed by atoms with E-state index in [2.05, 4.69) is 20.5 Å². The van der Waals surface area contributed by atoms with E-state index >= 15 is 0 Å². The zero-order valence-corrected chi connectivity index (χ0v) is 19.8. The number of amides is 1. The van der Waals surface area contributed by atoms with Gasteiger partial charge in [-0.3, -0.25) is 9.79 Å². The van der Waals surface area contributed by atoms with Gasteiger partial charge in [-0.1, -0.05) is 37.5 Å². The number of para-hydroxylation sites is 1. The van der Waals surface area contributed by atoms with Gasteiger partial charge in [-0.05, 0) is 37.8 Å². The fraction of sp³-hybridized carbons (Fsp3) is 0.636. The average molecular weight is 514 g/mol. The first-order valence-electron chi connectivity index (χ1n) is 10.7. The standard InChI is InChI=1S/C22H34N4O2.HI/c1-23-22(24-14-8-16-28-20-11-6-3-7-12-20)25-19-13-15-26(17-19)21(27)18-9-4-2-5-10-18;/h3,6-7,11-12,18-19H,2,4-5,8-10,13-17H2,1H3,(H2,23,24,25);1H. The maximum Gasteiger partial charge on any atom is 0.225 e. The fourth-order valence-corrected chi connectivity index (χ4v) is 4.06. The van der Waals surface area contributed by atoms with Crippen LogP contribution in [0.3, 0.4) is 0 Å². The molecule has 0 spiro atoms. The summed E-state index contributed by atoms with van der Waals surface area (Å²) in [6.45, 7) is 3.10. The largest absolute Gasteiger partial charge is 0.494 e. The van der Waals surface area contributed by atoms with Crippen molar-refractivity contribution in [1.29, 1.82) is 0 Å². The van der Waals surface area contributed by atoms with Crippen LogP contribution in [0.15, 0.2) is 35.3 Å². The van der Waals surface area contributed by atoms with E-state index in [0.29, 0.717) is 12.5 Å². The lowest BCUT2D eigenvalue weighted by molar-refractivity contribution is -0.135. The Morgan fingerprint density at radius 3 is 2.66 bits per heavy atom. The lowest BCUT2D eigenvalue weighted by Gasteiger charge is -2.26. The first-order chi connectivity index (χ1) is 13.8. The molecule has 3 rings (SSSR count). The number of rotatable bonds is 7. The van der Waals surface area contributed by atoms with Crippen molar-refractivity contribution in [3.63, 3.8) is 0 Å². The number of ether oxygens (including phenoxy) is 1. The van der Waals surface area contributed by atoms with Gasteiger partial charge in [0, 0.05) is 38.6 Å². The van der Waals surface area contributed by atoms with E-state index in [9.17, 15) is 4.79 Å². The number of nitrogens with zero attached hydrogens (tertiary/aromatic N) is 2. The van der Waals surface area contributed by atoms with Gasteiger partial charge in [0.25, 0.3) is 0 Å². The van der Waals surface area contributed by atoms with Crippen LogP contribution in [0.2, 0.25) is 0 Å². The summed E-state index contributed by atoms with van der Waals surface area (Å²) in [4.78, 5) is 19.1. The third kappa shape index (κ3) is 7.68. The highest BCUT2D eigenvalue weighted by atomic mass is 127. The van der Waals surface area contributed by atoms with Crippen LogP contribution in [-0.2, 0) is 4.79 Å². The number of benzene rings is 1. The second-order valence-corrected chi connectivity index (χ2v) is 7.76. The maximum atomic E-state index is 12.7. The highest BCUT2D eigenvalue weighted by Crippen LogP contribution is 2.26. The molecule has 7 heteroatoms. The number of hydrogen-bond donors (Lipinski definition) is 2. The van der Waals surface area contributed by atoms with Crippen LogP contribution in [0.25, 0.3) is 0 Å². The number of guanidine groups is 1. The number of likely N-dealkylation sites (tertiary alicyclic amines) is 1. The molecule has 2 N–H and O–H groups in total. The molecule has 0 radical (unpaired) electrons. The van der Waals surface area contributed by atoms with Crippen LogP contribution in [0.4, 0.5) is 0 Å². The second-order valence-electron chi connectivity index (χ2n) is 7.76. The van der Waals surface area contributed by atoms with Gasteiger partial charge in [-0.15, -0.1) is 24.0 Å². The van der Waals surface area contributed by atoms with Crippen molar-refractivity contribution in [2.45, 2.75) is 51.0 Å². The minimum absolute atomic E-state index is 0. The van der Waals surface area contributed by atoms with E-state index < -0.39 is 0 Å². The molecule has 1 atom stereocenters. The predicted octanol–water partition coefficient (Wildman–Crippen LogP) is 3.42. The fourth-order valence-electron chi connectivity index (χ4n) is 4.06. The molecule has 6 nitrogen and oxygen atoms in total. The molecule has 1 aliphatic heterocycles. The normalized spacial score (nSPS) is 20.1. The van der Waals surface area contributed by atoms with Crippen molar-refractivity contribution in [3.8, 4) is 5.75 Å². The minimum atomic E-state index is 0. The van der Waals surface area contributed by atoms with Gasteiger partial charge in [0.2, 0.25) is 5.91 Å². The van der Waals surface area contributed by atoms with Crippen molar-refractivity contribution in [2.75, 3.05) is 33.3 Å². The summed E-state index contributed by atoms with van der Waals surface area (Å²) in [7, 11) is 1.79. The molecule has 2 aliphatic rings. The summed E-state index contributed by atoms with van der Waals surface area (Å²) in [6.07, 6.45) is 7.71. The Morgan fingerprint density at radius 2 is 1.93 bits per heavy atom. The molecule has 1 aliphatic carbocycles. The molecule has 1 amide bonds. The van der Waals surface area contributed by atoms with E-state index in [1.807, 2.05) is 30.3 Å². The molecular weight excluding hydrogens is 479 g/mol. The van der Waals surface area contributed by atoms with Gasteiger partial charge in [0.1, 0.15) is 5.75 Å². The van der Waals surface area contributed by atoms with Gasteiger partial charge in [0.05, 0.1) is 6.61 Å². The topological polar surface area (TPSA) is 66.0 Å². The second kappa shape index (κ2) is 12.9. The highest BCUT2D eigenvalue weighted by molar-refractivity contribution is 14.0. The summed E-state index contributed by atoms with van der Waals surface area (Å²) in [5, 5.41) is 6.81. The molecule has 1 aromatic carbocycles. The smallest absolute Gasteiger partial charge is 0.225 e. The lowest BCUT2D eigenvalue weighted by atomic mass is 9.88. The quantitative estimate of drug-likeness (QED) is 0.253. The Bertz CT molecular complexity index is 635. The van der Waals surface area contributed by atoms with Crippen molar-refractivity contribution >= 4 is 35.8 Å². The molecule has 162 valence electrons. The SMILES string of the molecule is CN=C(NCCCOc1ccccc1)NC1CCN(C(=O)C2CCCCC2)C1.I. The molecule has 29 heavy (non-hydrogen) atoms. The van der Waals surface area contributed by atoms with E-state index in [-0.39, 0.29) is 35.9 Å². The van der Waals surface area contributed by atoms with Crippen LogP contribution < -0.4 is 15.4 Å². The van der Waals surface area contributed by atoms with Crippen molar-refractivity contribution in [1.82, 2.24) is 15.5 Å². The van der Waals surface area contributed by atoms with E-state index in [1.54, 1.807) is 7.05 Å². The molecule has 1 aromatic rings. The summed E-state index contributed by atoms with van der Waals surface area (Å²) < 4.78 is 5.71. The number of nitrogens with one attached hydrogen (secondary N) is 2. The summed E-state index contributed by atoms with van der Waals surface area (Å²) >= 11 is 0. The summed E-state index contributed by atoms with van der Waals surface area (Å²) in [6, 6.07) is 10.1. The lowest BCUT2D eigenvalue weighted by Crippen LogP contribution is -2.46. The van der Waals surface area contributed by atoms with Gasteiger partial charge in [-0.2, -0.15) is 0 Å². The van der Waals surface area contributed by atoms with Crippen molar-refractivity contribution in [3.05, 3.63) is 30.3 Å². The van der Waals surface area contributed by atoms with Gasteiger partial charge >= 0.3 is 0 Å². The van der Waals surface area contributed by atoms with Gasteiger partial charge in [-0.25, -0.2) is 0 Å². The Morgan fingerprint density at radius 1 is 1.17 bits per heavy atom. The van der Waals surface area contributed by atoms with Crippen molar-refractivity contribution < 1.29 is 9.53 Å². The van der Waals surface area contributed by atoms with Crippen LogP contribution in [0, 0.1) is 5.92 Å². The molecule has 1 saturated heterocycles. The summed E-state index contributed by atoms with van der Waals surface area (Å²) in [5.41, 5.74) is 0. The Hall–Kier alpha value is -1.51. The van der Waals surface area contributed by atoms with E-state index in [1.165, 1.54) is 19.3 Å². The van der Waals surface area contributed by atoms with Crippen molar-refractivity contribution in [2.24, 2.45) is 10.9 Å². The Labute approximate surface area is 191 Å². The monoisotopic (exact) mass is 514 g/mol. The number of hydrogen-bond acceptors (Lipinski definition) is 3. The number of aliphatic imine (C=N–C) groups is 1. The molecular formula is C22H35IN4O2. The third-order valence-corrected chi connectivity index (χ3v) is 5.64. The molecule has 0 bridgehead atoms. The molecule has 0 aromatic heterocycles. The average Bonchev–Trinajstić information content (AvgIpc) is 3.22.